The topological polar surface area (TPSA) is 70.1 Å². The minimum Gasteiger partial charge on any atom is -0.406 e. The predicted molar refractivity (Wildman–Crippen MR) is 63.1 cm³/mol. The lowest BCUT2D eigenvalue weighted by molar-refractivity contribution is -0.274. The zero-order chi connectivity index (χ0) is 14.8. The molecule has 0 saturated carbocycles. The van der Waals surface area contributed by atoms with E-state index in [0.717, 1.165) is 0 Å². The van der Waals surface area contributed by atoms with Crippen molar-refractivity contribution < 1.29 is 22.7 Å². The summed E-state index contributed by atoms with van der Waals surface area (Å²) in [6.45, 7) is 0. The van der Waals surface area contributed by atoms with Crippen LogP contribution in [0.1, 0.15) is 5.69 Å². The Morgan fingerprint density at radius 3 is 2.45 bits per heavy atom. The van der Waals surface area contributed by atoms with E-state index in [-0.39, 0.29) is 12.2 Å². The normalized spacial score (nSPS) is 11.3. The fourth-order valence-corrected chi connectivity index (χ4v) is 1.58. The predicted octanol–water partition coefficient (Wildman–Crippen LogP) is 1.80. The highest BCUT2D eigenvalue weighted by Gasteiger charge is 2.30. The number of nitrogens with zero attached hydrogens (tertiary/aromatic N) is 2. The molecule has 0 aliphatic carbocycles. The van der Waals surface area contributed by atoms with Gasteiger partial charge in [-0.15, -0.1) is 13.2 Å². The number of rotatable bonds is 4. The average Bonchev–Trinajstić information content (AvgIpc) is 2.75. The van der Waals surface area contributed by atoms with Crippen LogP contribution < -0.4 is 10.5 Å². The first-order valence-corrected chi connectivity index (χ1v) is 5.52. The van der Waals surface area contributed by atoms with Gasteiger partial charge in [0.1, 0.15) is 5.75 Å². The summed E-state index contributed by atoms with van der Waals surface area (Å²) in [5, 5.41) is 4.08. The highest BCUT2D eigenvalue weighted by molar-refractivity contribution is 5.76. The van der Waals surface area contributed by atoms with Crippen LogP contribution in [0.15, 0.2) is 36.5 Å². The Morgan fingerprint density at radius 1 is 1.25 bits per heavy atom. The number of hydrogen-bond acceptors (Lipinski definition) is 3. The van der Waals surface area contributed by atoms with E-state index in [1.165, 1.54) is 28.9 Å². The Morgan fingerprint density at radius 2 is 1.90 bits per heavy atom. The third-order valence-electron chi connectivity index (χ3n) is 2.33. The maximum absolute atomic E-state index is 12.0. The van der Waals surface area contributed by atoms with E-state index in [9.17, 15) is 18.0 Å². The number of primary amides is 1. The van der Waals surface area contributed by atoms with Crippen molar-refractivity contribution in [2.45, 2.75) is 12.8 Å². The van der Waals surface area contributed by atoms with Crippen molar-refractivity contribution in [1.29, 1.82) is 0 Å². The lowest BCUT2D eigenvalue weighted by Crippen LogP contribution is -2.17. The quantitative estimate of drug-likeness (QED) is 0.931. The Balaban J connectivity index is 2.13. The van der Waals surface area contributed by atoms with Crippen LogP contribution >= 0.6 is 0 Å². The van der Waals surface area contributed by atoms with Crippen molar-refractivity contribution in [2.24, 2.45) is 5.73 Å². The molecule has 0 aliphatic heterocycles. The largest absolute Gasteiger partial charge is 0.573 e. The summed E-state index contributed by atoms with van der Waals surface area (Å²) in [6.07, 6.45) is -3.14. The molecule has 1 amide bonds. The van der Waals surface area contributed by atoms with Gasteiger partial charge in [-0.25, -0.2) is 4.68 Å². The summed E-state index contributed by atoms with van der Waals surface area (Å²) >= 11 is 0. The van der Waals surface area contributed by atoms with Gasteiger partial charge < -0.3 is 10.5 Å². The first-order chi connectivity index (χ1) is 9.33. The van der Waals surface area contributed by atoms with Gasteiger partial charge in [0.05, 0.1) is 17.8 Å². The van der Waals surface area contributed by atoms with Crippen LogP contribution in [0, 0.1) is 0 Å². The van der Waals surface area contributed by atoms with Gasteiger partial charge in [-0.2, -0.15) is 5.10 Å². The summed E-state index contributed by atoms with van der Waals surface area (Å²) in [5.41, 5.74) is 6.06. The molecule has 0 bridgehead atoms. The Labute approximate surface area is 111 Å². The van der Waals surface area contributed by atoms with Crippen LogP contribution in [0.5, 0.6) is 5.75 Å². The third kappa shape index (κ3) is 3.74. The summed E-state index contributed by atoms with van der Waals surface area (Å²) in [6, 6.07) is 6.80. The van der Waals surface area contributed by atoms with Gasteiger partial charge in [-0.3, -0.25) is 4.79 Å². The van der Waals surface area contributed by atoms with E-state index < -0.39 is 12.3 Å². The molecule has 0 saturated heterocycles. The molecule has 106 valence electrons. The number of amides is 1. The first-order valence-electron chi connectivity index (χ1n) is 5.52. The van der Waals surface area contributed by atoms with Crippen molar-refractivity contribution in [2.75, 3.05) is 0 Å². The number of ether oxygens (including phenoxy) is 1. The average molecular weight is 285 g/mol. The number of carbonyl (C=O) groups excluding carboxylic acids is 1. The lowest BCUT2D eigenvalue weighted by Gasteiger charge is -2.09. The van der Waals surface area contributed by atoms with Gasteiger partial charge in [0.15, 0.2) is 0 Å². The molecule has 1 heterocycles. The van der Waals surface area contributed by atoms with Crippen molar-refractivity contribution in [3.63, 3.8) is 0 Å². The van der Waals surface area contributed by atoms with Gasteiger partial charge in [0.2, 0.25) is 5.91 Å². The SMILES string of the molecule is NC(=O)Cc1ccn(-c2ccc(OC(F)(F)F)cc2)n1. The van der Waals surface area contributed by atoms with Crippen LogP contribution in [0.25, 0.3) is 5.69 Å². The number of nitrogens with two attached hydrogens (primary N) is 1. The summed E-state index contributed by atoms with van der Waals surface area (Å²) in [5.74, 6) is -0.824. The minimum atomic E-state index is -4.72. The van der Waals surface area contributed by atoms with E-state index in [0.29, 0.717) is 11.4 Å². The fraction of sp³-hybridized carbons (Fsp3) is 0.167. The standard InChI is InChI=1S/C12H10F3N3O2/c13-12(14,15)20-10-3-1-9(2-4-10)18-6-5-8(17-18)7-11(16)19/h1-6H,7H2,(H2,16,19). The zero-order valence-corrected chi connectivity index (χ0v) is 10.1. The maximum Gasteiger partial charge on any atom is 0.573 e. The highest BCUT2D eigenvalue weighted by atomic mass is 19.4. The van der Waals surface area contributed by atoms with Crippen LogP contribution in [0.3, 0.4) is 0 Å². The number of halogens is 3. The molecule has 0 radical (unpaired) electrons. The molecule has 20 heavy (non-hydrogen) atoms. The van der Waals surface area contributed by atoms with Gasteiger partial charge in [0.25, 0.3) is 0 Å². The monoisotopic (exact) mass is 285 g/mol. The van der Waals surface area contributed by atoms with Crippen LogP contribution in [-0.4, -0.2) is 22.1 Å². The van der Waals surface area contributed by atoms with E-state index in [4.69, 9.17) is 5.73 Å². The molecular formula is C12H10F3N3O2. The van der Waals surface area contributed by atoms with E-state index in [1.807, 2.05) is 0 Å². The molecule has 1 aromatic heterocycles. The zero-order valence-electron chi connectivity index (χ0n) is 10.1. The molecule has 0 fully saturated rings. The lowest BCUT2D eigenvalue weighted by atomic mass is 10.3. The maximum atomic E-state index is 12.0. The third-order valence-corrected chi connectivity index (χ3v) is 2.33. The molecule has 0 atom stereocenters. The molecule has 2 aromatic rings. The van der Waals surface area contributed by atoms with Crippen LogP contribution in [0.2, 0.25) is 0 Å². The van der Waals surface area contributed by atoms with Gasteiger partial charge in [0, 0.05) is 6.20 Å². The number of alkyl halides is 3. The summed E-state index contributed by atoms with van der Waals surface area (Å²) in [4.78, 5) is 10.7. The first kappa shape index (κ1) is 13.9. The molecule has 5 nitrogen and oxygen atoms in total. The van der Waals surface area contributed by atoms with E-state index >= 15 is 0 Å². The Hall–Kier alpha value is -2.51. The second kappa shape index (κ2) is 5.24. The highest BCUT2D eigenvalue weighted by Crippen LogP contribution is 2.23. The fourth-order valence-electron chi connectivity index (χ4n) is 1.58. The van der Waals surface area contributed by atoms with Crippen molar-refractivity contribution >= 4 is 5.91 Å². The summed E-state index contributed by atoms with van der Waals surface area (Å²) in [7, 11) is 0. The Kier molecular flexibility index (Phi) is 3.64. The van der Waals surface area contributed by atoms with Crippen molar-refractivity contribution in [3.05, 3.63) is 42.2 Å². The van der Waals surface area contributed by atoms with Crippen molar-refractivity contribution in [1.82, 2.24) is 9.78 Å². The molecule has 1 aromatic carbocycles. The van der Waals surface area contributed by atoms with E-state index in [1.54, 1.807) is 12.3 Å². The number of benzene rings is 1. The molecule has 0 unspecified atom stereocenters. The number of hydrogen-bond donors (Lipinski definition) is 1. The molecular weight excluding hydrogens is 275 g/mol. The van der Waals surface area contributed by atoms with Gasteiger partial charge >= 0.3 is 6.36 Å². The van der Waals surface area contributed by atoms with Crippen molar-refractivity contribution in [3.8, 4) is 11.4 Å². The molecule has 0 aliphatic rings. The van der Waals surface area contributed by atoms with Gasteiger partial charge in [-0.05, 0) is 30.3 Å². The molecule has 2 rings (SSSR count). The second-order valence-corrected chi connectivity index (χ2v) is 3.94. The second-order valence-electron chi connectivity index (χ2n) is 3.94. The molecule has 2 N–H and O–H groups in total. The smallest absolute Gasteiger partial charge is 0.406 e. The Bertz CT molecular complexity index is 605. The van der Waals surface area contributed by atoms with Gasteiger partial charge in [-0.1, -0.05) is 0 Å². The number of aromatic nitrogens is 2. The van der Waals surface area contributed by atoms with E-state index in [2.05, 4.69) is 9.84 Å². The molecule has 0 spiro atoms. The molecule has 8 heteroatoms. The number of carbonyl (C=O) groups is 1. The van der Waals surface area contributed by atoms with Crippen LogP contribution in [-0.2, 0) is 11.2 Å². The van der Waals surface area contributed by atoms with Crippen LogP contribution in [0.4, 0.5) is 13.2 Å². The summed E-state index contributed by atoms with van der Waals surface area (Å²) < 4.78 is 41.2. The minimum absolute atomic E-state index is 0.00225.